The van der Waals surface area contributed by atoms with Gasteiger partial charge in [0.2, 0.25) is 0 Å². The van der Waals surface area contributed by atoms with E-state index in [0.29, 0.717) is 0 Å². The largest absolute Gasteiger partial charge is 0.494 e. The van der Waals surface area contributed by atoms with Crippen molar-refractivity contribution in [3.8, 4) is 5.75 Å². The summed E-state index contributed by atoms with van der Waals surface area (Å²) in [5, 5.41) is 3.34. The van der Waals surface area contributed by atoms with Gasteiger partial charge in [-0.05, 0) is 37.1 Å². The van der Waals surface area contributed by atoms with Crippen molar-refractivity contribution in [1.29, 1.82) is 0 Å². The van der Waals surface area contributed by atoms with Gasteiger partial charge >= 0.3 is 0 Å². The molecule has 0 radical (unpaired) electrons. The van der Waals surface area contributed by atoms with Crippen LogP contribution in [0.1, 0.15) is 39.5 Å². The number of hydrogen-bond donors (Lipinski definition) is 1. The maximum absolute atomic E-state index is 5.64. The molecule has 0 bridgehead atoms. The van der Waals surface area contributed by atoms with Crippen molar-refractivity contribution in [3.63, 3.8) is 0 Å². The number of unbranched alkanes of at least 4 members (excludes halogenated alkanes) is 2. The molecule has 0 atom stereocenters. The predicted octanol–water partition coefficient (Wildman–Crippen LogP) is 4.08. The van der Waals surface area contributed by atoms with E-state index >= 15 is 0 Å². The highest BCUT2D eigenvalue weighted by Crippen LogP contribution is 2.16. The average molecular weight is 221 g/mol. The van der Waals surface area contributed by atoms with E-state index in [-0.39, 0.29) is 0 Å². The molecule has 0 aliphatic rings. The van der Waals surface area contributed by atoms with E-state index in [1.165, 1.54) is 18.5 Å². The fourth-order valence-electron chi connectivity index (χ4n) is 1.48. The van der Waals surface area contributed by atoms with Crippen molar-refractivity contribution in [3.05, 3.63) is 24.3 Å². The summed E-state index contributed by atoms with van der Waals surface area (Å²) in [6, 6.07) is 8.21. The Labute approximate surface area is 99.0 Å². The Morgan fingerprint density at radius 3 is 2.38 bits per heavy atom. The zero-order chi connectivity index (χ0) is 11.6. The lowest BCUT2D eigenvalue weighted by atomic mass is 10.2. The summed E-state index contributed by atoms with van der Waals surface area (Å²) in [6.45, 7) is 6.22. The third-order valence-corrected chi connectivity index (χ3v) is 2.45. The molecule has 90 valence electrons. The molecule has 0 saturated carbocycles. The van der Waals surface area contributed by atoms with Crippen LogP contribution in [-0.2, 0) is 0 Å². The first-order valence-electron chi connectivity index (χ1n) is 6.33. The van der Waals surface area contributed by atoms with E-state index in [1.807, 2.05) is 12.1 Å². The van der Waals surface area contributed by atoms with Gasteiger partial charge in [0.05, 0.1) is 6.61 Å². The van der Waals surface area contributed by atoms with Crippen molar-refractivity contribution in [2.75, 3.05) is 18.5 Å². The normalized spacial score (nSPS) is 10.1. The van der Waals surface area contributed by atoms with Gasteiger partial charge < -0.3 is 10.1 Å². The van der Waals surface area contributed by atoms with Gasteiger partial charge in [-0.2, -0.15) is 0 Å². The number of hydrogen-bond acceptors (Lipinski definition) is 2. The number of ether oxygens (including phenoxy) is 1. The molecule has 0 aromatic heterocycles. The highest BCUT2D eigenvalue weighted by atomic mass is 16.5. The lowest BCUT2D eigenvalue weighted by molar-refractivity contribution is 0.306. The summed E-state index contributed by atoms with van der Waals surface area (Å²) in [6.07, 6.45) is 4.78. The number of anilines is 1. The third-order valence-electron chi connectivity index (χ3n) is 2.45. The van der Waals surface area contributed by atoms with Gasteiger partial charge in [0.15, 0.2) is 0 Å². The average Bonchev–Trinajstić information content (AvgIpc) is 2.33. The van der Waals surface area contributed by atoms with Gasteiger partial charge in [0, 0.05) is 12.2 Å². The quantitative estimate of drug-likeness (QED) is 0.668. The first kappa shape index (κ1) is 12.9. The van der Waals surface area contributed by atoms with Crippen molar-refractivity contribution < 1.29 is 4.74 Å². The Hall–Kier alpha value is -1.18. The van der Waals surface area contributed by atoms with Crippen LogP contribution in [0.15, 0.2) is 24.3 Å². The van der Waals surface area contributed by atoms with Gasteiger partial charge in [-0.15, -0.1) is 0 Å². The number of nitrogens with one attached hydrogen (secondary N) is 1. The molecule has 0 saturated heterocycles. The molecule has 1 rings (SSSR count). The van der Waals surface area contributed by atoms with Crippen molar-refractivity contribution in [2.45, 2.75) is 39.5 Å². The van der Waals surface area contributed by atoms with Crippen LogP contribution in [0.5, 0.6) is 5.75 Å². The summed E-state index contributed by atoms with van der Waals surface area (Å²) in [7, 11) is 0. The second kappa shape index (κ2) is 8.03. The molecule has 1 aromatic carbocycles. The van der Waals surface area contributed by atoms with Crippen LogP contribution in [0.2, 0.25) is 0 Å². The molecule has 0 aliphatic heterocycles. The molecule has 16 heavy (non-hydrogen) atoms. The van der Waals surface area contributed by atoms with Gasteiger partial charge in [0.25, 0.3) is 0 Å². The fraction of sp³-hybridized carbons (Fsp3) is 0.571. The molecule has 1 aromatic rings. The molecule has 0 spiro atoms. The SMILES string of the molecule is CCCCCOc1ccc(NCCC)cc1. The highest BCUT2D eigenvalue weighted by Gasteiger charge is 1.94. The molecule has 0 fully saturated rings. The van der Waals surface area contributed by atoms with Crippen molar-refractivity contribution in [1.82, 2.24) is 0 Å². The Balaban J connectivity index is 2.27. The molecular formula is C14H23NO. The second-order valence-corrected chi connectivity index (χ2v) is 4.01. The van der Waals surface area contributed by atoms with E-state index in [0.717, 1.165) is 31.7 Å². The molecule has 0 heterocycles. The van der Waals surface area contributed by atoms with Crippen LogP contribution in [-0.4, -0.2) is 13.2 Å². The second-order valence-electron chi connectivity index (χ2n) is 4.01. The fourth-order valence-corrected chi connectivity index (χ4v) is 1.48. The summed E-state index contributed by atoms with van der Waals surface area (Å²) >= 11 is 0. The molecule has 0 aliphatic carbocycles. The van der Waals surface area contributed by atoms with Crippen molar-refractivity contribution in [2.24, 2.45) is 0 Å². The van der Waals surface area contributed by atoms with Crippen LogP contribution in [0.4, 0.5) is 5.69 Å². The topological polar surface area (TPSA) is 21.3 Å². The summed E-state index contributed by atoms with van der Waals surface area (Å²) in [5.74, 6) is 0.971. The lowest BCUT2D eigenvalue weighted by Gasteiger charge is -2.08. The Kier molecular flexibility index (Phi) is 6.47. The predicted molar refractivity (Wildman–Crippen MR) is 70.2 cm³/mol. The van der Waals surface area contributed by atoms with Crippen LogP contribution < -0.4 is 10.1 Å². The molecule has 0 amide bonds. The van der Waals surface area contributed by atoms with Gasteiger partial charge in [-0.25, -0.2) is 0 Å². The minimum Gasteiger partial charge on any atom is -0.494 e. The van der Waals surface area contributed by atoms with Crippen LogP contribution in [0.3, 0.4) is 0 Å². The van der Waals surface area contributed by atoms with Crippen molar-refractivity contribution >= 4 is 5.69 Å². The zero-order valence-corrected chi connectivity index (χ0v) is 10.5. The number of benzene rings is 1. The van der Waals surface area contributed by atoms with Crippen LogP contribution in [0.25, 0.3) is 0 Å². The molecule has 2 heteroatoms. The lowest BCUT2D eigenvalue weighted by Crippen LogP contribution is -2.00. The van der Waals surface area contributed by atoms with E-state index in [1.54, 1.807) is 0 Å². The molecule has 2 nitrogen and oxygen atoms in total. The first-order chi connectivity index (χ1) is 7.86. The monoisotopic (exact) mass is 221 g/mol. The van der Waals surface area contributed by atoms with Crippen LogP contribution >= 0.6 is 0 Å². The van der Waals surface area contributed by atoms with E-state index in [2.05, 4.69) is 31.3 Å². The van der Waals surface area contributed by atoms with Crippen LogP contribution in [0, 0.1) is 0 Å². The van der Waals surface area contributed by atoms with E-state index in [4.69, 9.17) is 4.74 Å². The highest BCUT2D eigenvalue weighted by molar-refractivity contribution is 5.46. The molecule has 1 N–H and O–H groups in total. The summed E-state index contributed by atoms with van der Waals surface area (Å²) < 4.78 is 5.64. The van der Waals surface area contributed by atoms with Gasteiger partial charge in [-0.1, -0.05) is 26.7 Å². The molecular weight excluding hydrogens is 198 g/mol. The summed E-state index contributed by atoms with van der Waals surface area (Å²) in [4.78, 5) is 0. The Morgan fingerprint density at radius 2 is 1.75 bits per heavy atom. The first-order valence-corrected chi connectivity index (χ1v) is 6.33. The van der Waals surface area contributed by atoms with Gasteiger partial charge in [-0.3, -0.25) is 0 Å². The van der Waals surface area contributed by atoms with E-state index in [9.17, 15) is 0 Å². The third kappa shape index (κ3) is 5.06. The smallest absolute Gasteiger partial charge is 0.119 e. The number of rotatable bonds is 8. The van der Waals surface area contributed by atoms with Gasteiger partial charge in [0.1, 0.15) is 5.75 Å². The maximum Gasteiger partial charge on any atom is 0.119 e. The van der Waals surface area contributed by atoms with E-state index < -0.39 is 0 Å². The standard InChI is InChI=1S/C14H23NO/c1-3-5-6-12-16-14-9-7-13(8-10-14)15-11-4-2/h7-10,15H,3-6,11-12H2,1-2H3. The zero-order valence-electron chi connectivity index (χ0n) is 10.5. The Bertz CT molecular complexity index is 269. The minimum absolute atomic E-state index is 0.829. The summed E-state index contributed by atoms with van der Waals surface area (Å²) in [5.41, 5.74) is 1.17. The Morgan fingerprint density at radius 1 is 1.00 bits per heavy atom. The minimum atomic E-state index is 0.829. The maximum atomic E-state index is 5.64. The molecule has 0 unspecified atom stereocenters.